The Hall–Kier alpha value is -1.69. The Morgan fingerprint density at radius 3 is 2.89 bits per heavy atom. The molecule has 0 aliphatic rings. The van der Waals surface area contributed by atoms with Crippen LogP contribution in [-0.4, -0.2) is 31.1 Å². The van der Waals surface area contributed by atoms with Gasteiger partial charge in [-0.3, -0.25) is 4.57 Å². The summed E-state index contributed by atoms with van der Waals surface area (Å²) in [4.78, 5) is 16.1. The molecule has 0 aliphatic carbocycles. The third kappa shape index (κ3) is 3.89. The lowest BCUT2D eigenvalue weighted by molar-refractivity contribution is 0.233. The van der Waals surface area contributed by atoms with E-state index in [0.29, 0.717) is 18.5 Å². The number of halogens is 1. The molecule has 0 saturated heterocycles. The standard InChI is InChI=1S/C12H16ClN5O/c1-3-4-9(2)7-19-12-16-10(13)15-11(17-12)18-6-5-14-8-18/h5-6,8-9H,3-4,7H2,1-2H3. The second kappa shape index (κ2) is 6.47. The summed E-state index contributed by atoms with van der Waals surface area (Å²) >= 11 is 5.87. The van der Waals surface area contributed by atoms with Crippen molar-refractivity contribution in [2.75, 3.05) is 6.61 Å². The van der Waals surface area contributed by atoms with Gasteiger partial charge < -0.3 is 4.74 Å². The van der Waals surface area contributed by atoms with Gasteiger partial charge in [0.1, 0.15) is 6.33 Å². The average Bonchev–Trinajstić information content (AvgIpc) is 2.90. The first kappa shape index (κ1) is 13.7. The summed E-state index contributed by atoms with van der Waals surface area (Å²) in [7, 11) is 0. The fourth-order valence-electron chi connectivity index (χ4n) is 1.67. The van der Waals surface area contributed by atoms with Gasteiger partial charge in [0.2, 0.25) is 11.2 Å². The summed E-state index contributed by atoms with van der Waals surface area (Å²) in [5, 5.41) is 0.108. The molecule has 1 unspecified atom stereocenters. The van der Waals surface area contributed by atoms with Crippen molar-refractivity contribution in [3.8, 4) is 12.0 Å². The minimum Gasteiger partial charge on any atom is -0.463 e. The largest absolute Gasteiger partial charge is 0.463 e. The van der Waals surface area contributed by atoms with Crippen LogP contribution in [0.4, 0.5) is 0 Å². The Morgan fingerprint density at radius 2 is 2.21 bits per heavy atom. The van der Waals surface area contributed by atoms with Gasteiger partial charge in [0, 0.05) is 12.4 Å². The molecule has 7 heteroatoms. The zero-order chi connectivity index (χ0) is 13.7. The van der Waals surface area contributed by atoms with Gasteiger partial charge in [-0.25, -0.2) is 4.98 Å². The zero-order valence-electron chi connectivity index (χ0n) is 11.0. The van der Waals surface area contributed by atoms with E-state index in [4.69, 9.17) is 16.3 Å². The van der Waals surface area contributed by atoms with Crippen LogP contribution in [0.5, 0.6) is 6.01 Å². The molecule has 2 rings (SSSR count). The van der Waals surface area contributed by atoms with E-state index < -0.39 is 0 Å². The van der Waals surface area contributed by atoms with Crippen LogP contribution in [0.25, 0.3) is 5.95 Å². The topological polar surface area (TPSA) is 65.7 Å². The number of hydrogen-bond donors (Lipinski definition) is 0. The Kier molecular flexibility index (Phi) is 4.68. The maximum absolute atomic E-state index is 5.87. The van der Waals surface area contributed by atoms with E-state index in [1.54, 1.807) is 23.3 Å². The molecule has 2 aromatic heterocycles. The summed E-state index contributed by atoms with van der Waals surface area (Å²) in [6.45, 7) is 4.84. The number of imidazole rings is 1. The third-order valence-electron chi connectivity index (χ3n) is 2.59. The highest BCUT2D eigenvalue weighted by Gasteiger charge is 2.09. The van der Waals surface area contributed by atoms with Crippen molar-refractivity contribution in [1.29, 1.82) is 0 Å². The lowest BCUT2D eigenvalue weighted by Crippen LogP contribution is -2.11. The Balaban J connectivity index is 2.09. The van der Waals surface area contributed by atoms with Gasteiger partial charge in [0.15, 0.2) is 0 Å². The van der Waals surface area contributed by atoms with Gasteiger partial charge in [-0.1, -0.05) is 20.3 Å². The molecular weight excluding hydrogens is 266 g/mol. The van der Waals surface area contributed by atoms with E-state index in [-0.39, 0.29) is 11.3 Å². The molecule has 0 fully saturated rings. The van der Waals surface area contributed by atoms with Crippen LogP contribution in [0.3, 0.4) is 0 Å². The van der Waals surface area contributed by atoms with Gasteiger partial charge >= 0.3 is 6.01 Å². The van der Waals surface area contributed by atoms with Crippen LogP contribution in [0.2, 0.25) is 5.28 Å². The summed E-state index contributed by atoms with van der Waals surface area (Å²) in [6.07, 6.45) is 7.20. The van der Waals surface area contributed by atoms with Crippen molar-refractivity contribution in [3.05, 3.63) is 24.0 Å². The number of ether oxygens (including phenoxy) is 1. The predicted molar refractivity (Wildman–Crippen MR) is 71.5 cm³/mol. The molecule has 0 saturated carbocycles. The molecule has 0 amide bonds. The molecule has 0 aliphatic heterocycles. The van der Waals surface area contributed by atoms with Crippen molar-refractivity contribution < 1.29 is 4.74 Å². The van der Waals surface area contributed by atoms with Crippen LogP contribution < -0.4 is 4.74 Å². The third-order valence-corrected chi connectivity index (χ3v) is 2.76. The second-order valence-corrected chi connectivity index (χ2v) is 4.70. The van der Waals surface area contributed by atoms with E-state index in [0.717, 1.165) is 12.8 Å². The number of hydrogen-bond acceptors (Lipinski definition) is 5. The highest BCUT2D eigenvalue weighted by atomic mass is 35.5. The van der Waals surface area contributed by atoms with E-state index in [1.165, 1.54) is 0 Å². The van der Waals surface area contributed by atoms with Gasteiger partial charge in [-0.15, -0.1) is 0 Å². The molecule has 0 radical (unpaired) electrons. The van der Waals surface area contributed by atoms with Crippen molar-refractivity contribution in [3.63, 3.8) is 0 Å². The maximum atomic E-state index is 5.87. The van der Waals surface area contributed by atoms with Gasteiger partial charge in [0.05, 0.1) is 6.61 Å². The Morgan fingerprint density at radius 1 is 1.37 bits per heavy atom. The summed E-state index contributed by atoms with van der Waals surface area (Å²) in [6, 6.07) is 0.242. The summed E-state index contributed by atoms with van der Waals surface area (Å²) in [5.41, 5.74) is 0. The number of nitrogens with zero attached hydrogens (tertiary/aromatic N) is 5. The number of rotatable bonds is 6. The van der Waals surface area contributed by atoms with E-state index in [9.17, 15) is 0 Å². The van der Waals surface area contributed by atoms with Crippen molar-refractivity contribution in [1.82, 2.24) is 24.5 Å². The normalized spacial score (nSPS) is 12.4. The SMILES string of the molecule is CCCC(C)COc1nc(Cl)nc(-n2ccnc2)n1. The first-order valence-electron chi connectivity index (χ1n) is 6.21. The van der Waals surface area contributed by atoms with Crippen molar-refractivity contribution in [2.24, 2.45) is 5.92 Å². The van der Waals surface area contributed by atoms with Crippen molar-refractivity contribution >= 4 is 11.6 Å². The minimum absolute atomic E-state index is 0.108. The average molecular weight is 282 g/mol. The zero-order valence-corrected chi connectivity index (χ0v) is 11.7. The fraction of sp³-hybridized carbons (Fsp3) is 0.500. The second-order valence-electron chi connectivity index (χ2n) is 4.36. The molecular formula is C12H16ClN5O. The highest BCUT2D eigenvalue weighted by Crippen LogP contribution is 2.13. The minimum atomic E-state index is 0.108. The van der Waals surface area contributed by atoms with Crippen LogP contribution >= 0.6 is 11.6 Å². The van der Waals surface area contributed by atoms with Gasteiger partial charge in [0.25, 0.3) is 0 Å². The highest BCUT2D eigenvalue weighted by molar-refractivity contribution is 6.28. The molecule has 0 spiro atoms. The Labute approximate surface area is 116 Å². The molecule has 0 N–H and O–H groups in total. The molecule has 102 valence electrons. The van der Waals surface area contributed by atoms with Crippen LogP contribution in [0, 0.1) is 5.92 Å². The van der Waals surface area contributed by atoms with Gasteiger partial charge in [-0.05, 0) is 23.9 Å². The summed E-state index contributed by atoms with van der Waals surface area (Å²) in [5.74, 6) is 0.855. The first-order chi connectivity index (χ1) is 9.19. The van der Waals surface area contributed by atoms with Crippen molar-refractivity contribution in [2.45, 2.75) is 26.7 Å². The lowest BCUT2D eigenvalue weighted by Gasteiger charge is -2.11. The van der Waals surface area contributed by atoms with E-state index >= 15 is 0 Å². The first-order valence-corrected chi connectivity index (χ1v) is 6.59. The predicted octanol–water partition coefficient (Wildman–Crippen LogP) is 2.53. The molecule has 0 aromatic carbocycles. The smallest absolute Gasteiger partial charge is 0.322 e. The molecule has 1 atom stereocenters. The van der Waals surface area contributed by atoms with E-state index in [1.807, 2.05) is 0 Å². The van der Waals surface area contributed by atoms with Crippen LogP contribution in [-0.2, 0) is 0 Å². The van der Waals surface area contributed by atoms with E-state index in [2.05, 4.69) is 33.8 Å². The summed E-state index contributed by atoms with van der Waals surface area (Å²) < 4.78 is 7.21. The maximum Gasteiger partial charge on any atom is 0.322 e. The Bertz CT molecular complexity index is 517. The molecule has 2 aromatic rings. The fourth-order valence-corrected chi connectivity index (χ4v) is 1.82. The van der Waals surface area contributed by atoms with Crippen LogP contribution in [0.15, 0.2) is 18.7 Å². The quantitative estimate of drug-likeness (QED) is 0.814. The molecule has 0 bridgehead atoms. The molecule has 2 heterocycles. The molecule has 6 nitrogen and oxygen atoms in total. The van der Waals surface area contributed by atoms with Crippen LogP contribution in [0.1, 0.15) is 26.7 Å². The molecule has 19 heavy (non-hydrogen) atoms. The number of aromatic nitrogens is 5. The monoisotopic (exact) mass is 281 g/mol. The van der Waals surface area contributed by atoms with Gasteiger partial charge in [-0.2, -0.15) is 15.0 Å². The lowest BCUT2D eigenvalue weighted by atomic mass is 10.1.